The van der Waals surface area contributed by atoms with Crippen LogP contribution in [-0.4, -0.2) is 45.4 Å². The molecule has 2 heterocycles. The molecule has 11 heteroatoms. The number of carbonyl (C=O) groups is 3. The highest BCUT2D eigenvalue weighted by Gasteiger charge is 2.36. The van der Waals surface area contributed by atoms with E-state index in [1.807, 2.05) is 13.8 Å². The molecule has 0 aliphatic carbocycles. The Balaban J connectivity index is 1.62. The van der Waals surface area contributed by atoms with E-state index in [2.05, 4.69) is 20.8 Å². The summed E-state index contributed by atoms with van der Waals surface area (Å²) in [5.74, 6) is -1.36. The molecule has 1 aromatic carbocycles. The normalized spacial score (nSPS) is 17.3. The predicted octanol–water partition coefficient (Wildman–Crippen LogP) is 2.95. The summed E-state index contributed by atoms with van der Waals surface area (Å²) in [5, 5.41) is 11.7. The van der Waals surface area contributed by atoms with Crippen molar-refractivity contribution in [1.29, 1.82) is 0 Å². The molecule has 3 N–H and O–H groups in total. The molecule has 3 rings (SSSR count). The molecule has 1 fully saturated rings. The van der Waals surface area contributed by atoms with Crippen molar-refractivity contribution in [2.24, 2.45) is 11.8 Å². The van der Waals surface area contributed by atoms with E-state index in [4.69, 9.17) is 0 Å². The Hall–Kier alpha value is -3.37. The number of rotatable bonds is 8. The molecule has 0 spiro atoms. The Morgan fingerprint density at radius 3 is 2.67 bits per heavy atom. The summed E-state index contributed by atoms with van der Waals surface area (Å²) in [7, 11) is 0. The van der Waals surface area contributed by atoms with Gasteiger partial charge in [-0.1, -0.05) is 26.0 Å². The molecule has 1 aromatic heterocycles. The maximum atomic E-state index is 13.0. The summed E-state index contributed by atoms with van der Waals surface area (Å²) in [5.41, 5.74) is -0.461. The van der Waals surface area contributed by atoms with Gasteiger partial charge in [-0.25, -0.2) is 0 Å². The summed E-state index contributed by atoms with van der Waals surface area (Å²) in [6, 6.07) is 5.53. The van der Waals surface area contributed by atoms with Crippen LogP contribution in [0.2, 0.25) is 0 Å². The van der Waals surface area contributed by atoms with Crippen molar-refractivity contribution in [2.45, 2.75) is 45.5 Å². The molecule has 2 atom stereocenters. The van der Waals surface area contributed by atoms with Gasteiger partial charge in [0, 0.05) is 25.6 Å². The van der Waals surface area contributed by atoms with Crippen molar-refractivity contribution in [3.63, 3.8) is 0 Å². The minimum atomic E-state index is -4.48. The fourth-order valence-electron chi connectivity index (χ4n) is 3.70. The van der Waals surface area contributed by atoms with Crippen molar-refractivity contribution in [3.05, 3.63) is 47.7 Å². The molecule has 0 bridgehead atoms. The quantitative estimate of drug-likeness (QED) is 0.557. The maximum Gasteiger partial charge on any atom is 0.416 e. The van der Waals surface area contributed by atoms with Gasteiger partial charge >= 0.3 is 6.18 Å². The number of H-pyrrole nitrogens is 1. The number of alkyl halides is 3. The highest BCUT2D eigenvalue weighted by Crippen LogP contribution is 2.30. The molecule has 3 amide bonds. The van der Waals surface area contributed by atoms with Gasteiger partial charge < -0.3 is 15.5 Å². The zero-order valence-electron chi connectivity index (χ0n) is 18.3. The molecule has 8 nitrogen and oxygen atoms in total. The molecule has 1 aliphatic rings. The molecule has 178 valence electrons. The van der Waals surface area contributed by atoms with Crippen LogP contribution in [0.5, 0.6) is 0 Å². The number of carbonyl (C=O) groups excluding carboxylic acids is 3. The second kappa shape index (κ2) is 10.1. The van der Waals surface area contributed by atoms with Gasteiger partial charge in [-0.2, -0.15) is 18.3 Å². The van der Waals surface area contributed by atoms with E-state index in [9.17, 15) is 27.6 Å². The topological polar surface area (TPSA) is 107 Å². The lowest BCUT2D eigenvalue weighted by atomic mass is 10.0. The summed E-state index contributed by atoms with van der Waals surface area (Å²) in [4.78, 5) is 39.3. The highest BCUT2D eigenvalue weighted by atomic mass is 19.4. The Labute approximate surface area is 188 Å². The summed E-state index contributed by atoms with van der Waals surface area (Å²) in [6.07, 6.45) is -2.67. The van der Waals surface area contributed by atoms with Gasteiger partial charge in [0.1, 0.15) is 11.9 Å². The van der Waals surface area contributed by atoms with Crippen molar-refractivity contribution in [2.75, 3.05) is 11.9 Å². The van der Waals surface area contributed by atoms with Gasteiger partial charge in [-0.05, 0) is 30.0 Å². The molecular formula is C22H26F3N5O3. The van der Waals surface area contributed by atoms with Crippen LogP contribution in [0.15, 0.2) is 36.5 Å². The van der Waals surface area contributed by atoms with Crippen LogP contribution in [-0.2, 0) is 27.1 Å². The number of aromatic nitrogens is 2. The third-order valence-electron chi connectivity index (χ3n) is 5.31. The molecule has 0 saturated carbocycles. The Kier molecular flexibility index (Phi) is 7.39. The Bertz CT molecular complexity index is 991. The van der Waals surface area contributed by atoms with E-state index in [1.54, 1.807) is 6.07 Å². The Morgan fingerprint density at radius 2 is 2.03 bits per heavy atom. The molecule has 0 radical (unpaired) electrons. The SMILES string of the molecule is CC(C)C[C@H](NC(=O)[C@H]1CC(=O)N(Cc2cccc(C(F)(F)F)c2)C1)C(=O)Nc1ccn[nH]1. The Morgan fingerprint density at radius 1 is 1.27 bits per heavy atom. The molecular weight excluding hydrogens is 439 g/mol. The van der Waals surface area contributed by atoms with Gasteiger partial charge in [0.05, 0.1) is 17.7 Å². The van der Waals surface area contributed by atoms with Crippen LogP contribution in [0, 0.1) is 11.8 Å². The second-order valence-corrected chi connectivity index (χ2v) is 8.52. The average Bonchev–Trinajstić information content (AvgIpc) is 3.36. The van der Waals surface area contributed by atoms with Gasteiger partial charge in [0.15, 0.2) is 0 Å². The number of hydrogen-bond acceptors (Lipinski definition) is 4. The minimum Gasteiger partial charge on any atom is -0.344 e. The highest BCUT2D eigenvalue weighted by molar-refractivity contribution is 5.97. The third-order valence-corrected chi connectivity index (χ3v) is 5.31. The maximum absolute atomic E-state index is 13.0. The van der Waals surface area contributed by atoms with E-state index in [0.717, 1.165) is 12.1 Å². The van der Waals surface area contributed by atoms with Crippen molar-refractivity contribution in [3.8, 4) is 0 Å². The number of hydrogen-bond donors (Lipinski definition) is 3. The number of nitrogens with zero attached hydrogens (tertiary/aromatic N) is 2. The van der Waals surface area contributed by atoms with Gasteiger partial charge in [0.25, 0.3) is 0 Å². The first kappa shape index (κ1) is 24.3. The standard InChI is InChI=1S/C22H26F3N5O3/c1-13(2)8-17(21(33)28-18-6-7-26-29-18)27-20(32)15-10-19(31)30(12-15)11-14-4-3-5-16(9-14)22(23,24)25/h3-7,9,13,15,17H,8,10-12H2,1-2H3,(H,27,32)(H2,26,28,29,33)/t15-,17-/m0/s1. The summed E-state index contributed by atoms with van der Waals surface area (Å²) < 4.78 is 38.9. The lowest BCUT2D eigenvalue weighted by molar-refractivity contribution is -0.137. The number of aromatic amines is 1. The van der Waals surface area contributed by atoms with E-state index >= 15 is 0 Å². The lowest BCUT2D eigenvalue weighted by Gasteiger charge is -2.22. The van der Waals surface area contributed by atoms with Gasteiger partial charge in [-0.15, -0.1) is 0 Å². The zero-order chi connectivity index (χ0) is 24.2. The number of benzene rings is 1. The van der Waals surface area contributed by atoms with Crippen LogP contribution < -0.4 is 10.6 Å². The number of nitrogens with one attached hydrogen (secondary N) is 3. The van der Waals surface area contributed by atoms with Gasteiger partial charge in [-0.3, -0.25) is 19.5 Å². The fourth-order valence-corrected chi connectivity index (χ4v) is 3.70. The third kappa shape index (κ3) is 6.56. The predicted molar refractivity (Wildman–Crippen MR) is 114 cm³/mol. The molecule has 2 aromatic rings. The monoisotopic (exact) mass is 465 g/mol. The van der Waals surface area contributed by atoms with E-state index in [0.29, 0.717) is 17.8 Å². The zero-order valence-corrected chi connectivity index (χ0v) is 18.3. The largest absolute Gasteiger partial charge is 0.416 e. The van der Waals surface area contributed by atoms with E-state index in [1.165, 1.54) is 23.2 Å². The smallest absolute Gasteiger partial charge is 0.344 e. The number of likely N-dealkylation sites (tertiary alicyclic amines) is 1. The summed E-state index contributed by atoms with van der Waals surface area (Å²) >= 11 is 0. The lowest BCUT2D eigenvalue weighted by Crippen LogP contribution is -2.47. The average molecular weight is 465 g/mol. The van der Waals surface area contributed by atoms with Crippen LogP contribution in [0.25, 0.3) is 0 Å². The number of amides is 3. The van der Waals surface area contributed by atoms with Crippen LogP contribution in [0.3, 0.4) is 0 Å². The van der Waals surface area contributed by atoms with Crippen LogP contribution in [0.4, 0.5) is 19.0 Å². The van der Waals surface area contributed by atoms with E-state index in [-0.39, 0.29) is 31.3 Å². The first-order valence-corrected chi connectivity index (χ1v) is 10.6. The van der Waals surface area contributed by atoms with Crippen LogP contribution >= 0.6 is 0 Å². The first-order valence-electron chi connectivity index (χ1n) is 10.6. The molecule has 1 aliphatic heterocycles. The molecule has 33 heavy (non-hydrogen) atoms. The molecule has 1 saturated heterocycles. The van der Waals surface area contributed by atoms with E-state index < -0.39 is 35.5 Å². The second-order valence-electron chi connectivity index (χ2n) is 8.52. The number of halogens is 3. The first-order chi connectivity index (χ1) is 15.5. The van der Waals surface area contributed by atoms with Crippen molar-refractivity contribution in [1.82, 2.24) is 20.4 Å². The van der Waals surface area contributed by atoms with Crippen molar-refractivity contribution >= 4 is 23.5 Å². The fraction of sp³-hybridized carbons (Fsp3) is 0.455. The van der Waals surface area contributed by atoms with Crippen molar-refractivity contribution < 1.29 is 27.6 Å². The van der Waals surface area contributed by atoms with Crippen LogP contribution in [0.1, 0.15) is 37.8 Å². The molecule has 0 unspecified atom stereocenters. The minimum absolute atomic E-state index is 0.0255. The number of anilines is 1. The van der Waals surface area contributed by atoms with Gasteiger partial charge in [0.2, 0.25) is 17.7 Å². The summed E-state index contributed by atoms with van der Waals surface area (Å²) in [6.45, 7) is 3.87.